The van der Waals surface area contributed by atoms with E-state index in [1.807, 2.05) is 4.90 Å². The standard InChI is InChI=1S/C11H20N2O2/c1-9-8-13(5-4-12-9)11(14)10-2-6-15-7-3-10/h9-10,12H,2-8H2,1H3/t9-/m1/s1. The van der Waals surface area contributed by atoms with Gasteiger partial charge in [-0.3, -0.25) is 4.79 Å². The summed E-state index contributed by atoms with van der Waals surface area (Å²) in [6.07, 6.45) is 1.80. The molecular weight excluding hydrogens is 192 g/mol. The average molecular weight is 212 g/mol. The number of ether oxygens (including phenoxy) is 1. The van der Waals surface area contributed by atoms with Gasteiger partial charge in [-0.1, -0.05) is 0 Å². The van der Waals surface area contributed by atoms with E-state index in [1.165, 1.54) is 0 Å². The molecule has 2 heterocycles. The molecular formula is C11H20N2O2. The van der Waals surface area contributed by atoms with E-state index in [0.717, 1.165) is 45.7 Å². The highest BCUT2D eigenvalue weighted by Crippen LogP contribution is 2.18. The summed E-state index contributed by atoms with van der Waals surface area (Å²) in [4.78, 5) is 14.2. The predicted octanol–water partition coefficient (Wildman–Crippen LogP) is 0.233. The summed E-state index contributed by atoms with van der Waals surface area (Å²) in [6, 6.07) is 0.433. The monoisotopic (exact) mass is 212 g/mol. The summed E-state index contributed by atoms with van der Waals surface area (Å²) < 4.78 is 5.28. The summed E-state index contributed by atoms with van der Waals surface area (Å²) in [6.45, 7) is 6.27. The van der Waals surface area contributed by atoms with Gasteiger partial charge in [0.25, 0.3) is 0 Å². The van der Waals surface area contributed by atoms with Gasteiger partial charge in [0.15, 0.2) is 0 Å². The number of rotatable bonds is 1. The number of hydrogen-bond donors (Lipinski definition) is 1. The Morgan fingerprint density at radius 3 is 2.80 bits per heavy atom. The summed E-state index contributed by atoms with van der Waals surface area (Å²) >= 11 is 0. The molecule has 1 N–H and O–H groups in total. The zero-order valence-corrected chi connectivity index (χ0v) is 9.37. The summed E-state index contributed by atoms with van der Waals surface area (Å²) in [7, 11) is 0. The van der Waals surface area contributed by atoms with Gasteiger partial charge in [-0.2, -0.15) is 0 Å². The molecule has 0 aromatic rings. The maximum Gasteiger partial charge on any atom is 0.225 e. The van der Waals surface area contributed by atoms with Gasteiger partial charge in [-0.15, -0.1) is 0 Å². The molecule has 2 fully saturated rings. The van der Waals surface area contributed by atoms with E-state index >= 15 is 0 Å². The van der Waals surface area contributed by atoms with Gasteiger partial charge in [-0.05, 0) is 19.8 Å². The van der Waals surface area contributed by atoms with E-state index in [0.29, 0.717) is 11.9 Å². The minimum absolute atomic E-state index is 0.212. The summed E-state index contributed by atoms with van der Waals surface area (Å²) in [5, 5.41) is 3.35. The number of carbonyl (C=O) groups is 1. The van der Waals surface area contributed by atoms with Crippen LogP contribution < -0.4 is 5.32 Å². The molecule has 2 rings (SSSR count). The molecule has 0 bridgehead atoms. The second-order valence-corrected chi connectivity index (χ2v) is 4.53. The first-order valence-corrected chi connectivity index (χ1v) is 5.87. The highest BCUT2D eigenvalue weighted by atomic mass is 16.5. The third-order valence-corrected chi connectivity index (χ3v) is 3.25. The molecule has 1 amide bonds. The maximum atomic E-state index is 12.1. The van der Waals surface area contributed by atoms with Crippen molar-refractivity contribution in [2.75, 3.05) is 32.8 Å². The molecule has 0 radical (unpaired) electrons. The van der Waals surface area contributed by atoms with Crippen molar-refractivity contribution in [1.82, 2.24) is 10.2 Å². The van der Waals surface area contributed by atoms with Crippen molar-refractivity contribution in [3.05, 3.63) is 0 Å². The number of nitrogens with zero attached hydrogens (tertiary/aromatic N) is 1. The van der Waals surface area contributed by atoms with Crippen LogP contribution in [0.2, 0.25) is 0 Å². The molecule has 0 spiro atoms. The molecule has 2 aliphatic heterocycles. The van der Waals surface area contributed by atoms with E-state index in [1.54, 1.807) is 0 Å². The first-order valence-electron chi connectivity index (χ1n) is 5.87. The van der Waals surface area contributed by atoms with Crippen molar-refractivity contribution < 1.29 is 9.53 Å². The fraction of sp³-hybridized carbons (Fsp3) is 0.909. The van der Waals surface area contributed by atoms with Crippen LogP contribution in [0.1, 0.15) is 19.8 Å². The van der Waals surface area contributed by atoms with Gasteiger partial charge in [0.05, 0.1) is 0 Å². The van der Waals surface area contributed by atoms with Crippen LogP contribution in [-0.4, -0.2) is 49.7 Å². The number of nitrogens with one attached hydrogen (secondary N) is 1. The molecule has 86 valence electrons. The second-order valence-electron chi connectivity index (χ2n) is 4.53. The lowest BCUT2D eigenvalue weighted by Gasteiger charge is -2.35. The minimum Gasteiger partial charge on any atom is -0.381 e. The van der Waals surface area contributed by atoms with E-state index in [4.69, 9.17) is 4.74 Å². The normalized spacial score (nSPS) is 29.1. The molecule has 4 nitrogen and oxygen atoms in total. The topological polar surface area (TPSA) is 41.6 Å². The lowest BCUT2D eigenvalue weighted by Crippen LogP contribution is -2.53. The lowest BCUT2D eigenvalue weighted by atomic mass is 9.98. The molecule has 0 unspecified atom stereocenters. The molecule has 1 atom stereocenters. The fourth-order valence-corrected chi connectivity index (χ4v) is 2.34. The Morgan fingerprint density at radius 2 is 2.13 bits per heavy atom. The zero-order valence-electron chi connectivity index (χ0n) is 9.37. The van der Waals surface area contributed by atoms with Crippen molar-refractivity contribution in [3.63, 3.8) is 0 Å². The molecule has 0 aromatic carbocycles. The Bertz CT molecular complexity index is 227. The zero-order chi connectivity index (χ0) is 10.7. The largest absolute Gasteiger partial charge is 0.381 e. The van der Waals surface area contributed by atoms with E-state index in [2.05, 4.69) is 12.2 Å². The molecule has 0 saturated carbocycles. The van der Waals surface area contributed by atoms with E-state index in [9.17, 15) is 4.79 Å². The van der Waals surface area contributed by atoms with E-state index < -0.39 is 0 Å². The van der Waals surface area contributed by atoms with Gasteiger partial charge in [0.2, 0.25) is 5.91 Å². The van der Waals surface area contributed by atoms with Crippen LogP contribution in [-0.2, 0) is 9.53 Å². The van der Waals surface area contributed by atoms with Crippen molar-refractivity contribution in [2.24, 2.45) is 5.92 Å². The van der Waals surface area contributed by atoms with Crippen LogP contribution in [0.3, 0.4) is 0 Å². The Balaban J connectivity index is 1.88. The van der Waals surface area contributed by atoms with Crippen LogP contribution in [0.15, 0.2) is 0 Å². The fourth-order valence-electron chi connectivity index (χ4n) is 2.34. The van der Waals surface area contributed by atoms with Gasteiger partial charge in [0.1, 0.15) is 0 Å². The third kappa shape index (κ3) is 2.69. The number of hydrogen-bond acceptors (Lipinski definition) is 3. The van der Waals surface area contributed by atoms with Crippen LogP contribution in [0.5, 0.6) is 0 Å². The Morgan fingerprint density at radius 1 is 1.40 bits per heavy atom. The Hall–Kier alpha value is -0.610. The average Bonchev–Trinajstić information content (AvgIpc) is 2.29. The smallest absolute Gasteiger partial charge is 0.225 e. The quantitative estimate of drug-likeness (QED) is 0.676. The first-order chi connectivity index (χ1) is 7.27. The van der Waals surface area contributed by atoms with Crippen LogP contribution in [0, 0.1) is 5.92 Å². The number of amides is 1. The SMILES string of the molecule is C[C@@H]1CN(C(=O)C2CCOCC2)CCN1. The predicted molar refractivity (Wildman–Crippen MR) is 57.6 cm³/mol. The van der Waals surface area contributed by atoms with Gasteiger partial charge in [-0.25, -0.2) is 0 Å². The minimum atomic E-state index is 0.212. The van der Waals surface area contributed by atoms with Crippen LogP contribution in [0.25, 0.3) is 0 Å². The Kier molecular flexibility index (Phi) is 3.59. The molecule has 2 aliphatic rings. The second kappa shape index (κ2) is 4.94. The number of carbonyl (C=O) groups excluding carboxylic acids is 1. The van der Waals surface area contributed by atoms with Crippen molar-refractivity contribution in [2.45, 2.75) is 25.8 Å². The van der Waals surface area contributed by atoms with Crippen molar-refractivity contribution in [3.8, 4) is 0 Å². The van der Waals surface area contributed by atoms with Crippen molar-refractivity contribution in [1.29, 1.82) is 0 Å². The summed E-state index contributed by atoms with van der Waals surface area (Å²) in [5.41, 5.74) is 0. The first kappa shape index (κ1) is 10.9. The van der Waals surface area contributed by atoms with Crippen molar-refractivity contribution >= 4 is 5.91 Å². The maximum absolute atomic E-state index is 12.1. The molecule has 15 heavy (non-hydrogen) atoms. The highest BCUT2D eigenvalue weighted by Gasteiger charge is 2.28. The van der Waals surface area contributed by atoms with Gasteiger partial charge < -0.3 is 15.0 Å². The molecule has 0 aliphatic carbocycles. The molecule has 2 saturated heterocycles. The highest BCUT2D eigenvalue weighted by molar-refractivity contribution is 5.79. The van der Waals surface area contributed by atoms with Gasteiger partial charge in [0, 0.05) is 44.8 Å². The third-order valence-electron chi connectivity index (χ3n) is 3.25. The molecule has 4 heteroatoms. The summed E-state index contributed by atoms with van der Waals surface area (Å²) in [5.74, 6) is 0.552. The number of piperazine rings is 1. The molecule has 0 aromatic heterocycles. The Labute approximate surface area is 91.0 Å². The van der Waals surface area contributed by atoms with Gasteiger partial charge >= 0.3 is 0 Å². The van der Waals surface area contributed by atoms with E-state index in [-0.39, 0.29) is 5.92 Å². The lowest BCUT2D eigenvalue weighted by molar-refractivity contribution is -0.139. The van der Waals surface area contributed by atoms with Crippen LogP contribution >= 0.6 is 0 Å². The van der Waals surface area contributed by atoms with Crippen LogP contribution in [0.4, 0.5) is 0 Å².